The summed E-state index contributed by atoms with van der Waals surface area (Å²) in [6.45, 7) is 4.25. The second kappa shape index (κ2) is 8.61. The van der Waals surface area contributed by atoms with Gasteiger partial charge in [0.05, 0.1) is 30.2 Å². The molecule has 30 heavy (non-hydrogen) atoms. The number of morpholine rings is 1. The second-order valence-electron chi connectivity index (χ2n) is 7.33. The maximum atomic E-state index is 13.2. The Balaban J connectivity index is 1.65. The van der Waals surface area contributed by atoms with Crippen molar-refractivity contribution in [2.45, 2.75) is 18.6 Å². The summed E-state index contributed by atoms with van der Waals surface area (Å²) in [6.07, 6.45) is -0.217. The molecule has 1 fully saturated rings. The Morgan fingerprint density at radius 2 is 1.97 bits per heavy atom. The number of hydrogen-bond donors (Lipinski definition) is 1. The van der Waals surface area contributed by atoms with Crippen molar-refractivity contribution < 1.29 is 17.9 Å². The molecule has 0 radical (unpaired) electrons. The van der Waals surface area contributed by atoms with Crippen molar-refractivity contribution in [3.63, 3.8) is 0 Å². The molecule has 0 spiro atoms. The zero-order valence-corrected chi connectivity index (χ0v) is 16.4. The lowest BCUT2D eigenvalue weighted by Crippen LogP contribution is -2.39. The van der Waals surface area contributed by atoms with E-state index in [-0.39, 0.29) is 17.7 Å². The molecule has 2 heterocycles. The van der Waals surface area contributed by atoms with E-state index in [1.165, 1.54) is 16.8 Å². The number of allylic oxidation sites excluding steroid dienone is 4. The predicted molar refractivity (Wildman–Crippen MR) is 109 cm³/mol. The minimum Gasteiger partial charge on any atom is -0.379 e. The standard InChI is InChI=1S/C21H23F3N4O2/c22-21(23,24)15-4-3-5-16(14-15)28-18-7-2-1-6-17(18)19(29)20(26-28)25-8-9-27-10-12-30-13-11-27/h1-3,5-7,14,16H,4,8-13H2,(H,25,26). The van der Waals surface area contributed by atoms with Crippen molar-refractivity contribution in [2.24, 2.45) is 0 Å². The normalized spacial score (nSPS) is 20.4. The lowest BCUT2D eigenvalue weighted by atomic mass is 10.0. The average Bonchev–Trinajstić information content (AvgIpc) is 2.76. The molecule has 1 aromatic carbocycles. The zero-order valence-electron chi connectivity index (χ0n) is 16.4. The Labute approximate surface area is 171 Å². The van der Waals surface area contributed by atoms with Gasteiger partial charge in [-0.1, -0.05) is 24.3 Å². The number of fused-ring (bicyclic) bond motifs is 1. The fraction of sp³-hybridized carbons (Fsp3) is 0.429. The van der Waals surface area contributed by atoms with Crippen molar-refractivity contribution in [2.75, 3.05) is 44.7 Å². The molecule has 1 atom stereocenters. The van der Waals surface area contributed by atoms with E-state index in [4.69, 9.17) is 4.74 Å². The Morgan fingerprint density at radius 3 is 2.73 bits per heavy atom. The molecule has 0 bridgehead atoms. The highest BCUT2D eigenvalue weighted by Gasteiger charge is 2.34. The van der Waals surface area contributed by atoms with Crippen LogP contribution in [0.3, 0.4) is 0 Å². The number of aromatic nitrogens is 2. The Kier molecular flexibility index (Phi) is 5.92. The number of nitrogens with zero attached hydrogens (tertiary/aromatic N) is 3. The molecule has 1 N–H and O–H groups in total. The van der Waals surface area contributed by atoms with Crippen molar-refractivity contribution in [1.82, 2.24) is 14.7 Å². The molecule has 2 aliphatic rings. The number of ether oxygens (including phenoxy) is 1. The van der Waals surface area contributed by atoms with Gasteiger partial charge in [-0.3, -0.25) is 14.4 Å². The topological polar surface area (TPSA) is 59.4 Å². The molecule has 4 rings (SSSR count). The summed E-state index contributed by atoms with van der Waals surface area (Å²) >= 11 is 0. The number of halogens is 3. The molecule has 1 unspecified atom stereocenters. The largest absolute Gasteiger partial charge is 0.412 e. The first-order valence-corrected chi connectivity index (χ1v) is 9.93. The van der Waals surface area contributed by atoms with E-state index < -0.39 is 17.8 Å². The Morgan fingerprint density at radius 1 is 1.20 bits per heavy atom. The third-order valence-corrected chi connectivity index (χ3v) is 5.33. The van der Waals surface area contributed by atoms with Crippen LogP contribution in [0.25, 0.3) is 10.9 Å². The summed E-state index contributed by atoms with van der Waals surface area (Å²) in [5, 5.41) is 7.91. The van der Waals surface area contributed by atoms with Crippen LogP contribution in [0.15, 0.2) is 52.9 Å². The van der Waals surface area contributed by atoms with Gasteiger partial charge in [0.25, 0.3) is 0 Å². The lowest BCUT2D eigenvalue weighted by Gasteiger charge is -2.26. The first-order chi connectivity index (χ1) is 14.4. The van der Waals surface area contributed by atoms with Crippen molar-refractivity contribution >= 4 is 16.7 Å². The van der Waals surface area contributed by atoms with Gasteiger partial charge in [0.2, 0.25) is 5.43 Å². The van der Waals surface area contributed by atoms with E-state index in [0.29, 0.717) is 30.7 Å². The third kappa shape index (κ3) is 4.41. The van der Waals surface area contributed by atoms with Crippen LogP contribution in [0, 0.1) is 0 Å². The fourth-order valence-corrected chi connectivity index (χ4v) is 3.73. The van der Waals surface area contributed by atoms with Crippen LogP contribution in [0.1, 0.15) is 12.5 Å². The van der Waals surface area contributed by atoms with Crippen LogP contribution >= 0.6 is 0 Å². The first kappa shape index (κ1) is 20.6. The summed E-state index contributed by atoms with van der Waals surface area (Å²) in [6, 6.07) is 6.13. The van der Waals surface area contributed by atoms with Crippen molar-refractivity contribution in [3.8, 4) is 0 Å². The quantitative estimate of drug-likeness (QED) is 0.754. The van der Waals surface area contributed by atoms with E-state index in [2.05, 4.69) is 15.3 Å². The van der Waals surface area contributed by atoms with Crippen LogP contribution in [0.2, 0.25) is 0 Å². The highest BCUT2D eigenvalue weighted by molar-refractivity contribution is 5.81. The Hall–Kier alpha value is -2.65. The molecule has 6 nitrogen and oxygen atoms in total. The fourth-order valence-electron chi connectivity index (χ4n) is 3.73. The number of benzene rings is 1. The lowest BCUT2D eigenvalue weighted by molar-refractivity contribution is -0.0935. The number of para-hydroxylation sites is 1. The molecule has 160 valence electrons. The van der Waals surface area contributed by atoms with Gasteiger partial charge < -0.3 is 10.1 Å². The average molecular weight is 420 g/mol. The molecular formula is C21H23F3N4O2. The molecule has 1 aliphatic heterocycles. The van der Waals surface area contributed by atoms with Crippen LogP contribution in [0.4, 0.5) is 19.0 Å². The van der Waals surface area contributed by atoms with Gasteiger partial charge in [-0.2, -0.15) is 13.2 Å². The highest BCUT2D eigenvalue weighted by Crippen LogP contribution is 2.34. The monoisotopic (exact) mass is 420 g/mol. The molecule has 2 aromatic rings. The van der Waals surface area contributed by atoms with Crippen LogP contribution in [0.5, 0.6) is 0 Å². The van der Waals surface area contributed by atoms with E-state index in [9.17, 15) is 18.0 Å². The van der Waals surface area contributed by atoms with Gasteiger partial charge in [0.1, 0.15) is 0 Å². The van der Waals surface area contributed by atoms with E-state index in [1.54, 1.807) is 30.3 Å². The summed E-state index contributed by atoms with van der Waals surface area (Å²) < 4.78 is 46.5. The molecule has 0 saturated carbocycles. The van der Waals surface area contributed by atoms with Crippen molar-refractivity contribution in [3.05, 3.63) is 58.3 Å². The van der Waals surface area contributed by atoms with Gasteiger partial charge in [0.15, 0.2) is 5.82 Å². The minimum absolute atomic E-state index is 0.142. The third-order valence-electron chi connectivity index (χ3n) is 5.33. The summed E-state index contributed by atoms with van der Waals surface area (Å²) in [4.78, 5) is 15.1. The molecule has 0 amide bonds. The molecule has 9 heteroatoms. The summed E-state index contributed by atoms with van der Waals surface area (Å²) in [5.74, 6) is 0.142. The number of nitrogens with one attached hydrogen (secondary N) is 1. The van der Waals surface area contributed by atoms with Gasteiger partial charge in [-0.25, -0.2) is 0 Å². The number of hydrogen-bond acceptors (Lipinski definition) is 5. The van der Waals surface area contributed by atoms with Crippen molar-refractivity contribution in [1.29, 1.82) is 0 Å². The van der Waals surface area contributed by atoms with Gasteiger partial charge >= 0.3 is 6.18 Å². The minimum atomic E-state index is -4.39. The molecule has 1 aromatic heterocycles. The highest BCUT2D eigenvalue weighted by atomic mass is 19.4. The summed E-state index contributed by atoms with van der Waals surface area (Å²) in [7, 11) is 0. The predicted octanol–water partition coefficient (Wildman–Crippen LogP) is 3.13. The van der Waals surface area contributed by atoms with E-state index in [0.717, 1.165) is 19.6 Å². The van der Waals surface area contributed by atoms with Crippen LogP contribution in [-0.4, -0.2) is 60.2 Å². The number of anilines is 1. The van der Waals surface area contributed by atoms with Gasteiger partial charge in [-0.05, 0) is 24.6 Å². The van der Waals surface area contributed by atoms with E-state index in [1.807, 2.05) is 0 Å². The zero-order chi connectivity index (χ0) is 21.1. The van der Waals surface area contributed by atoms with Gasteiger partial charge in [-0.15, -0.1) is 5.10 Å². The Bertz CT molecular complexity index is 1020. The smallest absolute Gasteiger partial charge is 0.379 e. The van der Waals surface area contributed by atoms with Crippen LogP contribution < -0.4 is 10.7 Å². The van der Waals surface area contributed by atoms with Gasteiger partial charge in [0, 0.05) is 31.8 Å². The maximum Gasteiger partial charge on any atom is 0.412 e. The molecule has 1 aliphatic carbocycles. The molecule has 1 saturated heterocycles. The number of alkyl halides is 3. The van der Waals surface area contributed by atoms with Crippen LogP contribution in [-0.2, 0) is 4.74 Å². The second-order valence-corrected chi connectivity index (χ2v) is 7.33. The number of rotatable bonds is 5. The SMILES string of the molecule is O=c1c(NCCN2CCOCC2)nn(C2C=CCC(C(F)(F)F)=C2)c2ccccc12. The first-order valence-electron chi connectivity index (χ1n) is 9.93. The maximum absolute atomic E-state index is 13.2. The molecular weight excluding hydrogens is 397 g/mol. The summed E-state index contributed by atoms with van der Waals surface area (Å²) in [5.41, 5.74) is -0.374. The van der Waals surface area contributed by atoms with E-state index >= 15 is 0 Å².